The van der Waals surface area contributed by atoms with Gasteiger partial charge in [-0.15, -0.1) is 0 Å². The molecule has 1 aliphatic rings. The number of rotatable bonds is 17. The van der Waals surface area contributed by atoms with Crippen molar-refractivity contribution in [3.8, 4) is 0 Å². The third kappa shape index (κ3) is 11.4. The van der Waals surface area contributed by atoms with E-state index in [4.69, 9.17) is 9.47 Å². The first-order chi connectivity index (χ1) is 19.2. The Kier molecular flexibility index (Phi) is 17.0. The number of hydrogen-bond donors (Lipinski definition) is 4. The highest BCUT2D eigenvalue weighted by molar-refractivity contribution is 5.72. The van der Waals surface area contributed by atoms with Crippen molar-refractivity contribution in [3.05, 3.63) is 23.8 Å². The predicted molar refractivity (Wildman–Crippen MR) is 165 cm³/mol. The third-order valence-corrected chi connectivity index (χ3v) is 9.53. The van der Waals surface area contributed by atoms with Gasteiger partial charge in [0.1, 0.15) is 0 Å². The smallest absolute Gasteiger partial charge is 0.311 e. The Balaban J connectivity index is 2.67. The summed E-state index contributed by atoms with van der Waals surface area (Å²) < 4.78 is 11.2. The van der Waals surface area contributed by atoms with E-state index in [9.17, 15) is 25.2 Å². The molecule has 0 amide bonds. The molecule has 1 rings (SSSR count). The molecule has 0 aromatic rings. The van der Waals surface area contributed by atoms with Crippen LogP contribution >= 0.6 is 0 Å². The standard InChI is InChI=1S/C34H62O7/c1-11-14-20(2)19-23(5)30(36)21(3)15-12-13-16-28(35)24(6)31(37)26(8)32(38)27(9)33-22(4)17-18-29(41-33)25(7)34(39)40-10/h12,15,19-22,24-33,35-38H,11,13-14,16-18H2,1-10H3. The summed E-state index contributed by atoms with van der Waals surface area (Å²) in [4.78, 5) is 12.1. The third-order valence-electron chi connectivity index (χ3n) is 9.53. The van der Waals surface area contributed by atoms with Gasteiger partial charge in [-0.3, -0.25) is 4.79 Å². The van der Waals surface area contributed by atoms with Gasteiger partial charge in [0.15, 0.2) is 0 Å². The van der Waals surface area contributed by atoms with Crippen LogP contribution in [0.25, 0.3) is 0 Å². The summed E-state index contributed by atoms with van der Waals surface area (Å²) in [6, 6.07) is 0. The van der Waals surface area contributed by atoms with Gasteiger partial charge >= 0.3 is 5.97 Å². The first kappa shape index (κ1) is 37.8. The van der Waals surface area contributed by atoms with E-state index in [2.05, 4.69) is 26.8 Å². The highest BCUT2D eigenvalue weighted by Crippen LogP contribution is 2.36. The predicted octanol–water partition coefficient (Wildman–Crippen LogP) is 5.69. The Hall–Kier alpha value is -1.25. The molecule has 0 aliphatic carbocycles. The van der Waals surface area contributed by atoms with Crippen LogP contribution < -0.4 is 0 Å². The molecule has 240 valence electrons. The molecule has 1 fully saturated rings. The van der Waals surface area contributed by atoms with E-state index in [0.717, 1.165) is 31.3 Å². The summed E-state index contributed by atoms with van der Waals surface area (Å²) in [7, 11) is 1.38. The number of aliphatic hydroxyl groups is 4. The molecule has 1 saturated heterocycles. The van der Waals surface area contributed by atoms with E-state index in [0.29, 0.717) is 18.8 Å². The first-order valence-corrected chi connectivity index (χ1v) is 16.0. The lowest BCUT2D eigenvalue weighted by molar-refractivity contribution is -0.171. The van der Waals surface area contributed by atoms with Crippen molar-refractivity contribution in [2.24, 2.45) is 41.4 Å². The molecule has 0 aromatic carbocycles. The average molecular weight is 583 g/mol. The molecule has 0 aromatic heterocycles. The van der Waals surface area contributed by atoms with Crippen LogP contribution in [0.4, 0.5) is 0 Å². The van der Waals surface area contributed by atoms with Crippen LogP contribution in [0, 0.1) is 41.4 Å². The average Bonchev–Trinajstić information content (AvgIpc) is 2.95. The van der Waals surface area contributed by atoms with Gasteiger partial charge < -0.3 is 29.9 Å². The number of carbonyl (C=O) groups excluding carboxylic acids is 1. The van der Waals surface area contributed by atoms with Crippen LogP contribution in [0.2, 0.25) is 0 Å². The lowest BCUT2D eigenvalue weighted by atomic mass is 9.76. The second-order valence-electron chi connectivity index (χ2n) is 13.1. The number of aliphatic hydroxyl groups excluding tert-OH is 4. The zero-order valence-corrected chi connectivity index (χ0v) is 27.5. The quantitative estimate of drug-likeness (QED) is 0.129. The van der Waals surface area contributed by atoms with Gasteiger partial charge in [-0.2, -0.15) is 0 Å². The van der Waals surface area contributed by atoms with Crippen LogP contribution in [0.15, 0.2) is 23.8 Å². The Labute approximate surface area is 250 Å². The van der Waals surface area contributed by atoms with Gasteiger partial charge in [-0.05, 0) is 63.4 Å². The van der Waals surface area contributed by atoms with E-state index in [1.807, 2.05) is 53.7 Å². The van der Waals surface area contributed by atoms with Crippen molar-refractivity contribution < 1.29 is 34.7 Å². The van der Waals surface area contributed by atoms with Crippen LogP contribution in [0.5, 0.6) is 0 Å². The molecule has 0 saturated carbocycles. The van der Waals surface area contributed by atoms with E-state index in [1.165, 1.54) is 7.11 Å². The van der Waals surface area contributed by atoms with E-state index < -0.39 is 36.3 Å². The fourth-order valence-electron chi connectivity index (χ4n) is 6.37. The molecule has 13 unspecified atom stereocenters. The van der Waals surface area contributed by atoms with Crippen LogP contribution in [-0.2, 0) is 14.3 Å². The van der Waals surface area contributed by atoms with Gasteiger partial charge in [0, 0.05) is 23.7 Å². The van der Waals surface area contributed by atoms with E-state index in [1.54, 1.807) is 0 Å². The highest BCUT2D eigenvalue weighted by atomic mass is 16.5. The van der Waals surface area contributed by atoms with Gasteiger partial charge in [0.2, 0.25) is 0 Å². The van der Waals surface area contributed by atoms with Gasteiger partial charge in [0.05, 0.1) is 49.7 Å². The fourth-order valence-corrected chi connectivity index (χ4v) is 6.37. The van der Waals surface area contributed by atoms with Gasteiger partial charge in [-0.25, -0.2) is 0 Å². The summed E-state index contributed by atoms with van der Waals surface area (Å²) in [5.74, 6) is -1.21. The maximum atomic E-state index is 12.1. The van der Waals surface area contributed by atoms with Crippen LogP contribution in [0.1, 0.15) is 101 Å². The maximum absolute atomic E-state index is 12.1. The molecule has 13 atom stereocenters. The van der Waals surface area contributed by atoms with Crippen molar-refractivity contribution >= 4 is 5.97 Å². The van der Waals surface area contributed by atoms with Crippen molar-refractivity contribution in [2.75, 3.05) is 7.11 Å². The summed E-state index contributed by atoms with van der Waals surface area (Å²) in [5, 5.41) is 43.8. The maximum Gasteiger partial charge on any atom is 0.311 e. The van der Waals surface area contributed by atoms with Gasteiger partial charge in [-0.1, -0.05) is 73.1 Å². The Bertz CT molecular complexity index is 811. The van der Waals surface area contributed by atoms with Crippen LogP contribution in [0.3, 0.4) is 0 Å². The molecular formula is C34H62O7. The number of ether oxygens (including phenoxy) is 2. The SMILES string of the molecule is CCCC(C)C=C(C)C(O)C(C)C=CCCC(O)C(C)C(O)C(C)C(O)C(C)C1OC(C(C)C(=O)OC)CCC1C. The Morgan fingerprint density at radius 3 is 2.20 bits per heavy atom. The molecule has 41 heavy (non-hydrogen) atoms. The number of hydrogen-bond acceptors (Lipinski definition) is 7. The zero-order chi connectivity index (χ0) is 31.4. The Morgan fingerprint density at radius 2 is 1.61 bits per heavy atom. The topological polar surface area (TPSA) is 116 Å². The molecule has 0 spiro atoms. The normalized spacial score (nSPS) is 27.8. The molecular weight excluding hydrogens is 520 g/mol. The number of esters is 1. The van der Waals surface area contributed by atoms with Crippen molar-refractivity contribution in [1.82, 2.24) is 0 Å². The second-order valence-corrected chi connectivity index (χ2v) is 13.1. The molecule has 0 radical (unpaired) electrons. The Morgan fingerprint density at radius 1 is 0.976 bits per heavy atom. The fraction of sp³-hybridized carbons (Fsp3) is 0.853. The zero-order valence-electron chi connectivity index (χ0n) is 27.5. The minimum atomic E-state index is -0.895. The van der Waals surface area contributed by atoms with E-state index >= 15 is 0 Å². The number of carbonyl (C=O) groups is 1. The van der Waals surface area contributed by atoms with Crippen molar-refractivity contribution in [2.45, 2.75) is 137 Å². The van der Waals surface area contributed by atoms with Crippen molar-refractivity contribution in [1.29, 1.82) is 0 Å². The molecule has 1 aliphatic heterocycles. The molecule has 7 nitrogen and oxygen atoms in total. The molecule has 4 N–H and O–H groups in total. The lowest BCUT2D eigenvalue weighted by Crippen LogP contribution is -2.49. The first-order valence-electron chi connectivity index (χ1n) is 16.0. The summed E-state index contributed by atoms with van der Waals surface area (Å²) in [6.07, 6.45) is 7.62. The van der Waals surface area contributed by atoms with Crippen LogP contribution in [-0.4, -0.2) is 70.1 Å². The minimum absolute atomic E-state index is 0.0310. The molecule has 0 bridgehead atoms. The monoisotopic (exact) mass is 582 g/mol. The van der Waals surface area contributed by atoms with E-state index in [-0.39, 0.29) is 41.8 Å². The van der Waals surface area contributed by atoms with Crippen molar-refractivity contribution in [3.63, 3.8) is 0 Å². The number of methoxy groups -OCH3 is 1. The lowest BCUT2D eigenvalue weighted by Gasteiger charge is -2.43. The summed E-state index contributed by atoms with van der Waals surface area (Å²) >= 11 is 0. The molecule has 7 heteroatoms. The summed E-state index contributed by atoms with van der Waals surface area (Å²) in [6.45, 7) is 17.8. The number of allylic oxidation sites excluding steroid dienone is 2. The minimum Gasteiger partial charge on any atom is -0.469 e. The highest BCUT2D eigenvalue weighted by Gasteiger charge is 2.42. The van der Waals surface area contributed by atoms with Gasteiger partial charge in [0.25, 0.3) is 0 Å². The summed E-state index contributed by atoms with van der Waals surface area (Å²) in [5.41, 5.74) is 0.989. The second kappa shape index (κ2) is 18.4. The molecule has 1 heterocycles. The largest absolute Gasteiger partial charge is 0.469 e.